The van der Waals surface area contributed by atoms with Gasteiger partial charge in [-0.15, -0.1) is 0 Å². The quantitative estimate of drug-likeness (QED) is 0.170. The molecule has 0 saturated carbocycles. The topological polar surface area (TPSA) is 177 Å². The normalized spacial score (nSPS) is 14.4. The number of fused-ring (bicyclic) bond motifs is 1. The van der Waals surface area contributed by atoms with Crippen LogP contribution in [0.1, 0.15) is 93.2 Å². The molecule has 53 heavy (non-hydrogen) atoms. The molecule has 4 rings (SSSR count). The average molecular weight is 734 g/mol. The third kappa shape index (κ3) is 10.9. The summed E-state index contributed by atoms with van der Waals surface area (Å²) in [5, 5.41) is 8.09. The molecule has 14 heteroatoms. The fourth-order valence-electron chi connectivity index (χ4n) is 5.47. The number of ether oxygens (including phenoxy) is 6. The number of ketones is 1. The Hall–Kier alpha value is -5.79. The minimum Gasteiger partial charge on any atom is -0.493 e. The van der Waals surface area contributed by atoms with E-state index in [1.807, 2.05) is 0 Å². The number of Topliss-reactive ketones (excluding diaryl/α,β-unsaturated/α-hetero) is 1. The van der Waals surface area contributed by atoms with Crippen LogP contribution in [0.3, 0.4) is 0 Å². The third-order valence-electron chi connectivity index (χ3n) is 7.68. The molecule has 0 bridgehead atoms. The van der Waals surface area contributed by atoms with Crippen LogP contribution in [-0.4, -0.2) is 68.2 Å². The monoisotopic (exact) mass is 733 g/mol. The highest BCUT2D eigenvalue weighted by atomic mass is 16.6. The van der Waals surface area contributed by atoms with E-state index in [1.165, 1.54) is 27.4 Å². The third-order valence-corrected chi connectivity index (χ3v) is 7.68. The van der Waals surface area contributed by atoms with E-state index in [0.717, 1.165) is 0 Å². The second-order valence-corrected chi connectivity index (χ2v) is 14.2. The van der Waals surface area contributed by atoms with E-state index in [2.05, 4.69) is 16.0 Å². The Morgan fingerprint density at radius 1 is 0.811 bits per heavy atom. The van der Waals surface area contributed by atoms with Crippen LogP contribution in [0, 0.1) is 0 Å². The largest absolute Gasteiger partial charge is 0.493 e. The lowest BCUT2D eigenvalue weighted by Gasteiger charge is -2.28. The van der Waals surface area contributed by atoms with E-state index < -0.39 is 47.2 Å². The summed E-state index contributed by atoms with van der Waals surface area (Å²) in [5.74, 6) is -0.662. The first-order valence-electron chi connectivity index (χ1n) is 17.0. The number of hydrogen-bond acceptors (Lipinski definition) is 11. The highest BCUT2D eigenvalue weighted by molar-refractivity contribution is 6.06. The summed E-state index contributed by atoms with van der Waals surface area (Å²) in [6, 6.07) is 13.7. The van der Waals surface area contributed by atoms with Gasteiger partial charge in [0, 0.05) is 29.4 Å². The molecule has 2 atom stereocenters. The van der Waals surface area contributed by atoms with Crippen molar-refractivity contribution in [2.75, 3.05) is 32.0 Å². The van der Waals surface area contributed by atoms with Crippen LogP contribution >= 0.6 is 0 Å². The van der Waals surface area contributed by atoms with Crippen LogP contribution in [0.25, 0.3) is 0 Å². The number of anilines is 2. The molecule has 3 aromatic carbocycles. The molecule has 1 heterocycles. The molecule has 0 radical (unpaired) electrons. The number of nitrogens with one attached hydrogen (secondary N) is 3. The summed E-state index contributed by atoms with van der Waals surface area (Å²) in [6.07, 6.45) is -1.65. The fraction of sp³-hybridized carbons (Fsp3) is 0.410. The van der Waals surface area contributed by atoms with Gasteiger partial charge in [-0.1, -0.05) is 18.2 Å². The number of carbonyl (C=O) groups excluding carboxylic acids is 5. The van der Waals surface area contributed by atoms with Crippen molar-refractivity contribution in [3.8, 4) is 23.0 Å². The molecule has 3 amide bonds. The van der Waals surface area contributed by atoms with Crippen molar-refractivity contribution in [2.24, 2.45) is 0 Å². The maximum Gasteiger partial charge on any atom is 0.408 e. The molecule has 0 fully saturated rings. The second-order valence-electron chi connectivity index (χ2n) is 14.2. The molecule has 284 valence electrons. The lowest BCUT2D eigenvalue weighted by molar-refractivity contribution is -0.157. The predicted octanol–water partition coefficient (Wildman–Crippen LogP) is 6.62. The van der Waals surface area contributed by atoms with E-state index in [-0.39, 0.29) is 53.4 Å². The van der Waals surface area contributed by atoms with Crippen molar-refractivity contribution < 1.29 is 52.4 Å². The van der Waals surface area contributed by atoms with Crippen LogP contribution in [0.5, 0.6) is 23.0 Å². The summed E-state index contributed by atoms with van der Waals surface area (Å²) < 4.78 is 33.3. The van der Waals surface area contributed by atoms with Crippen molar-refractivity contribution >= 4 is 41.0 Å². The number of methoxy groups -OCH3 is 3. The van der Waals surface area contributed by atoms with E-state index in [1.54, 1.807) is 90.1 Å². The number of carbonyl (C=O) groups is 5. The number of benzene rings is 3. The first kappa shape index (κ1) is 40.0. The molecular weight excluding hydrogens is 686 g/mol. The number of esters is 1. The zero-order valence-electron chi connectivity index (χ0n) is 31.5. The van der Waals surface area contributed by atoms with Gasteiger partial charge in [-0.25, -0.2) is 9.59 Å². The molecule has 0 aromatic heterocycles. The van der Waals surface area contributed by atoms with Gasteiger partial charge in [0.2, 0.25) is 11.7 Å². The second kappa shape index (κ2) is 16.7. The lowest BCUT2D eigenvalue weighted by atomic mass is 9.94. The first-order valence-corrected chi connectivity index (χ1v) is 17.0. The first-order chi connectivity index (χ1) is 24.9. The van der Waals surface area contributed by atoms with Gasteiger partial charge in [-0.3, -0.25) is 14.4 Å². The standard InChI is InChI=1S/C39H47N3O11/c1-38(2,3)52-36(46)26(42-37(47)53-39(4,5)6)16-17-31(44)40-24-14-11-13-23(19-24)35(45)41-25-15-10-12-22(18-25)28-20-27(43)32-29(51-28)21-30(48-7)33(49-8)34(32)50-9/h10-15,18-19,21,26,28H,16-17,20H2,1-9H3,(H,40,44)(H,41,45)(H,42,47)/t26-,28?/m0/s1. The summed E-state index contributed by atoms with van der Waals surface area (Å²) >= 11 is 0. The zero-order chi connectivity index (χ0) is 39.1. The summed E-state index contributed by atoms with van der Waals surface area (Å²) in [4.78, 5) is 64.8. The minimum atomic E-state index is -1.14. The number of alkyl carbamates (subject to hydrolysis) is 1. The van der Waals surface area contributed by atoms with Crippen LogP contribution in [-0.2, 0) is 19.1 Å². The Labute approximate surface area is 308 Å². The smallest absolute Gasteiger partial charge is 0.408 e. The predicted molar refractivity (Wildman–Crippen MR) is 196 cm³/mol. The fourth-order valence-corrected chi connectivity index (χ4v) is 5.47. The van der Waals surface area contributed by atoms with Crippen molar-refractivity contribution in [1.29, 1.82) is 0 Å². The highest BCUT2D eigenvalue weighted by Crippen LogP contribution is 2.49. The van der Waals surface area contributed by atoms with Gasteiger partial charge >= 0.3 is 12.1 Å². The van der Waals surface area contributed by atoms with Crippen molar-refractivity contribution in [1.82, 2.24) is 5.32 Å². The minimum absolute atomic E-state index is 0.0214. The van der Waals surface area contributed by atoms with Gasteiger partial charge in [0.25, 0.3) is 5.91 Å². The molecule has 0 aliphatic carbocycles. The van der Waals surface area contributed by atoms with Gasteiger partial charge in [-0.05, 0) is 83.9 Å². The Morgan fingerprint density at radius 3 is 2.08 bits per heavy atom. The molecule has 1 aliphatic heterocycles. The van der Waals surface area contributed by atoms with E-state index >= 15 is 0 Å². The molecule has 14 nitrogen and oxygen atoms in total. The molecule has 3 aromatic rings. The maximum atomic E-state index is 13.3. The number of amides is 3. The highest BCUT2D eigenvalue weighted by Gasteiger charge is 2.34. The average Bonchev–Trinajstić information content (AvgIpc) is 3.07. The molecular formula is C39H47N3O11. The van der Waals surface area contributed by atoms with Crippen LogP contribution in [0.2, 0.25) is 0 Å². The van der Waals surface area contributed by atoms with Crippen molar-refractivity contribution in [3.63, 3.8) is 0 Å². The summed E-state index contributed by atoms with van der Waals surface area (Å²) in [6.45, 7) is 10.2. The maximum absolute atomic E-state index is 13.3. The molecule has 1 aliphatic rings. The van der Waals surface area contributed by atoms with Crippen molar-refractivity contribution in [2.45, 2.75) is 84.2 Å². The Balaban J connectivity index is 1.41. The lowest BCUT2D eigenvalue weighted by Crippen LogP contribution is -2.46. The van der Waals surface area contributed by atoms with E-state index in [0.29, 0.717) is 22.7 Å². The van der Waals surface area contributed by atoms with Gasteiger partial charge in [0.05, 0.1) is 27.8 Å². The zero-order valence-corrected chi connectivity index (χ0v) is 31.5. The number of hydrogen-bond donors (Lipinski definition) is 3. The Bertz CT molecular complexity index is 1860. The van der Waals surface area contributed by atoms with Crippen LogP contribution < -0.4 is 34.9 Å². The number of rotatable bonds is 12. The van der Waals surface area contributed by atoms with Crippen LogP contribution in [0.15, 0.2) is 54.6 Å². The Kier molecular flexibility index (Phi) is 12.6. The van der Waals surface area contributed by atoms with E-state index in [4.69, 9.17) is 28.4 Å². The van der Waals surface area contributed by atoms with Gasteiger partial charge in [0.1, 0.15) is 34.7 Å². The molecule has 3 N–H and O–H groups in total. The van der Waals surface area contributed by atoms with Crippen molar-refractivity contribution in [3.05, 3.63) is 71.3 Å². The molecule has 0 saturated heterocycles. The van der Waals surface area contributed by atoms with Crippen LogP contribution in [0.4, 0.5) is 16.2 Å². The van der Waals surface area contributed by atoms with Gasteiger partial charge < -0.3 is 44.4 Å². The summed E-state index contributed by atoms with van der Waals surface area (Å²) in [5.41, 5.74) is 0.373. The molecule has 1 unspecified atom stereocenters. The van der Waals surface area contributed by atoms with Gasteiger partial charge in [-0.2, -0.15) is 0 Å². The van der Waals surface area contributed by atoms with E-state index in [9.17, 15) is 24.0 Å². The summed E-state index contributed by atoms with van der Waals surface area (Å²) in [7, 11) is 4.36. The SMILES string of the molecule is COc1cc2c(c(OC)c1OC)C(=O)CC(c1cccc(NC(=O)c3cccc(NC(=O)CC[C@H](NC(=O)OC(C)(C)C)C(=O)OC(C)(C)C)c3)c1)O2. The molecule has 0 spiro atoms. The Morgan fingerprint density at radius 2 is 1.45 bits per heavy atom. The van der Waals surface area contributed by atoms with Gasteiger partial charge in [0.15, 0.2) is 17.3 Å².